The van der Waals surface area contributed by atoms with Gasteiger partial charge in [-0.3, -0.25) is 0 Å². The van der Waals surface area contributed by atoms with E-state index in [0.29, 0.717) is 0 Å². The molecule has 0 spiro atoms. The summed E-state index contributed by atoms with van der Waals surface area (Å²) >= 11 is 0. The number of halogens is 17. The van der Waals surface area contributed by atoms with Gasteiger partial charge in [0.25, 0.3) is 11.3 Å². The Kier molecular flexibility index (Phi) is 3.79. The van der Waals surface area contributed by atoms with Crippen molar-refractivity contribution in [1.82, 2.24) is 0 Å². The van der Waals surface area contributed by atoms with Crippen LogP contribution >= 0.6 is 0 Å². The lowest BCUT2D eigenvalue weighted by Crippen LogP contribution is -2.98. The molecule has 0 radical (unpaired) electrons. The van der Waals surface area contributed by atoms with Crippen molar-refractivity contribution in [2.24, 2.45) is 0 Å². The van der Waals surface area contributed by atoms with E-state index in [0.717, 1.165) is 0 Å². The SMILES string of the molecule is CC1(F)C(F)(F)C(F)(F)C2(F)C(F)(F)C(F)(F)C(F)(F)C(F)(F)C2(F)C1(F)F. The van der Waals surface area contributed by atoms with Crippen LogP contribution in [0.5, 0.6) is 0 Å². The molecule has 2 aliphatic rings. The molecule has 0 aromatic carbocycles. The molecule has 2 aliphatic carbocycles. The van der Waals surface area contributed by atoms with Gasteiger partial charge in [-0.2, -0.15) is 61.5 Å². The predicted octanol–water partition coefficient (Wildman–Crippen LogP) is 5.61. The summed E-state index contributed by atoms with van der Waals surface area (Å²) in [7, 11) is 0. The van der Waals surface area contributed by atoms with Crippen LogP contribution in [0, 0.1) is 0 Å². The molecule has 0 N–H and O–H groups in total. The van der Waals surface area contributed by atoms with Gasteiger partial charge in [-0.05, 0) is 6.92 Å². The van der Waals surface area contributed by atoms with Gasteiger partial charge >= 0.3 is 41.5 Å². The lowest BCUT2D eigenvalue weighted by Gasteiger charge is -2.64. The van der Waals surface area contributed by atoms with E-state index in [9.17, 15) is 74.6 Å². The Morgan fingerprint density at radius 3 is 0.786 bits per heavy atom. The van der Waals surface area contributed by atoms with Crippen molar-refractivity contribution >= 4 is 0 Å². The summed E-state index contributed by atoms with van der Waals surface area (Å²) in [6.07, 6.45) is 0. The fourth-order valence-corrected chi connectivity index (χ4v) is 3.12. The normalized spacial score (nSPS) is 46.5. The van der Waals surface area contributed by atoms with Crippen molar-refractivity contribution < 1.29 is 74.6 Å². The zero-order chi connectivity index (χ0) is 23.0. The average Bonchev–Trinajstić information content (AvgIpc) is 2.49. The number of fused-ring (bicyclic) bond motifs is 1. The lowest BCUT2D eigenvalue weighted by molar-refractivity contribution is -0.548. The fraction of sp³-hybridized carbons (Fsp3) is 1.00. The summed E-state index contributed by atoms with van der Waals surface area (Å²) < 4.78 is 232. The number of hydrogen-bond acceptors (Lipinski definition) is 0. The van der Waals surface area contributed by atoms with Gasteiger partial charge < -0.3 is 0 Å². The summed E-state index contributed by atoms with van der Waals surface area (Å²) in [6, 6.07) is 0. The summed E-state index contributed by atoms with van der Waals surface area (Å²) in [5.41, 5.74) is -23.4. The molecule has 3 unspecified atom stereocenters. The maximum absolute atomic E-state index is 14.4. The predicted molar refractivity (Wildman–Crippen MR) is 51.8 cm³/mol. The first kappa shape index (κ1) is 23.1. The minimum absolute atomic E-state index is 1.50. The van der Waals surface area contributed by atoms with Crippen LogP contribution in [0.25, 0.3) is 0 Å². The molecular formula is C11H3F17. The zero-order valence-electron chi connectivity index (χ0n) is 12.4. The smallest absolute Gasteiger partial charge is 0.230 e. The van der Waals surface area contributed by atoms with E-state index in [1.54, 1.807) is 0 Å². The van der Waals surface area contributed by atoms with Crippen molar-refractivity contribution in [3.63, 3.8) is 0 Å². The molecule has 0 heterocycles. The molecule has 2 rings (SSSR count). The number of hydrogen-bond donors (Lipinski definition) is 0. The van der Waals surface area contributed by atoms with Gasteiger partial charge in [0.05, 0.1) is 0 Å². The third-order valence-corrected chi connectivity index (χ3v) is 4.96. The molecule has 0 bridgehead atoms. The molecule has 0 nitrogen and oxygen atoms in total. The van der Waals surface area contributed by atoms with Gasteiger partial charge in [-0.15, -0.1) is 0 Å². The third-order valence-electron chi connectivity index (χ3n) is 4.96. The maximum Gasteiger partial charge on any atom is 0.382 e. The average molecular weight is 458 g/mol. The second-order valence-electron chi connectivity index (χ2n) is 6.34. The Balaban J connectivity index is 3.23. The molecule has 0 aromatic rings. The summed E-state index contributed by atoms with van der Waals surface area (Å²) in [4.78, 5) is 0. The first-order valence-corrected chi connectivity index (χ1v) is 6.46. The Labute approximate surface area is 141 Å². The van der Waals surface area contributed by atoms with Crippen molar-refractivity contribution in [3.05, 3.63) is 0 Å². The van der Waals surface area contributed by atoms with Crippen LogP contribution in [-0.2, 0) is 0 Å². The second-order valence-corrected chi connectivity index (χ2v) is 6.34. The monoisotopic (exact) mass is 458 g/mol. The quantitative estimate of drug-likeness (QED) is 0.415. The molecular weight excluding hydrogens is 455 g/mol. The molecule has 0 aromatic heterocycles. The highest BCUT2D eigenvalue weighted by Gasteiger charge is 3.14. The van der Waals surface area contributed by atoms with Crippen LogP contribution in [0.1, 0.15) is 6.92 Å². The molecule has 166 valence electrons. The minimum Gasteiger partial charge on any atom is -0.230 e. The van der Waals surface area contributed by atoms with Crippen LogP contribution in [-0.4, -0.2) is 58.5 Å². The lowest BCUT2D eigenvalue weighted by atomic mass is 9.52. The van der Waals surface area contributed by atoms with Crippen molar-refractivity contribution in [2.75, 3.05) is 0 Å². The molecule has 28 heavy (non-hydrogen) atoms. The highest BCUT2D eigenvalue weighted by atomic mass is 19.4. The first-order valence-electron chi connectivity index (χ1n) is 6.46. The van der Waals surface area contributed by atoms with Gasteiger partial charge in [0.1, 0.15) is 0 Å². The van der Waals surface area contributed by atoms with Crippen molar-refractivity contribution in [2.45, 2.75) is 65.4 Å². The standard InChI is InChI=1S/C11H3F17/c1-2(12)5(15,16)3(13)4(14,7(19,20)6(2,17)18)9(23,24)11(27,28)10(25,26)8(3,21)22/h1H3. The Hall–Kier alpha value is -1.19. The van der Waals surface area contributed by atoms with E-state index >= 15 is 0 Å². The summed E-state index contributed by atoms with van der Waals surface area (Å²) in [6.45, 7) is -1.50. The summed E-state index contributed by atoms with van der Waals surface area (Å²) in [5, 5.41) is 0. The highest BCUT2D eigenvalue weighted by Crippen LogP contribution is 2.80. The molecule has 3 atom stereocenters. The van der Waals surface area contributed by atoms with E-state index in [4.69, 9.17) is 0 Å². The number of alkyl halides is 17. The van der Waals surface area contributed by atoms with Crippen LogP contribution in [0.4, 0.5) is 74.6 Å². The Morgan fingerprint density at radius 2 is 0.500 bits per heavy atom. The van der Waals surface area contributed by atoms with Gasteiger partial charge in [0, 0.05) is 0 Å². The minimum atomic E-state index is -8.40. The molecule has 2 saturated carbocycles. The fourth-order valence-electron chi connectivity index (χ4n) is 3.12. The van der Waals surface area contributed by atoms with Crippen molar-refractivity contribution in [3.8, 4) is 0 Å². The van der Waals surface area contributed by atoms with Crippen LogP contribution < -0.4 is 0 Å². The van der Waals surface area contributed by atoms with Gasteiger partial charge in [-0.1, -0.05) is 0 Å². The number of rotatable bonds is 0. The topological polar surface area (TPSA) is 0 Å². The zero-order valence-corrected chi connectivity index (χ0v) is 12.4. The second kappa shape index (κ2) is 4.59. The maximum atomic E-state index is 14.4. The summed E-state index contributed by atoms with van der Waals surface area (Å²) in [5.74, 6) is -56.2. The van der Waals surface area contributed by atoms with E-state index in [1.807, 2.05) is 0 Å². The van der Waals surface area contributed by atoms with Crippen LogP contribution in [0.2, 0.25) is 0 Å². The molecule has 0 amide bonds. The molecule has 2 fully saturated rings. The Bertz CT molecular complexity index is 588. The third kappa shape index (κ3) is 1.47. The van der Waals surface area contributed by atoms with Crippen LogP contribution in [0.15, 0.2) is 0 Å². The van der Waals surface area contributed by atoms with E-state index in [1.165, 1.54) is 0 Å². The molecule has 17 heteroatoms. The van der Waals surface area contributed by atoms with E-state index in [2.05, 4.69) is 0 Å². The van der Waals surface area contributed by atoms with Gasteiger partial charge in [-0.25, -0.2) is 13.2 Å². The van der Waals surface area contributed by atoms with E-state index < -0.39 is 65.4 Å². The Morgan fingerprint density at radius 1 is 0.286 bits per heavy atom. The van der Waals surface area contributed by atoms with Gasteiger partial charge in [0.15, 0.2) is 0 Å². The van der Waals surface area contributed by atoms with E-state index in [-0.39, 0.29) is 0 Å². The van der Waals surface area contributed by atoms with Crippen molar-refractivity contribution in [1.29, 1.82) is 0 Å². The molecule has 0 aliphatic heterocycles. The first-order chi connectivity index (χ1) is 11.8. The largest absolute Gasteiger partial charge is 0.382 e. The van der Waals surface area contributed by atoms with Gasteiger partial charge in [0.2, 0.25) is 5.67 Å². The highest BCUT2D eigenvalue weighted by molar-refractivity contribution is 5.43. The molecule has 0 saturated heterocycles. The van der Waals surface area contributed by atoms with Crippen LogP contribution in [0.3, 0.4) is 0 Å².